The van der Waals surface area contributed by atoms with Gasteiger partial charge in [-0.2, -0.15) is 0 Å². The van der Waals surface area contributed by atoms with Crippen LogP contribution in [0.3, 0.4) is 0 Å². The molecule has 3 heterocycles. The van der Waals surface area contributed by atoms with E-state index in [1.807, 2.05) is 6.20 Å². The molecule has 0 fully saturated rings. The highest BCUT2D eigenvalue weighted by Gasteiger charge is 2.18. The van der Waals surface area contributed by atoms with Crippen LogP contribution in [0.25, 0.3) is 0 Å². The van der Waals surface area contributed by atoms with Crippen LogP contribution in [0.1, 0.15) is 11.6 Å². The maximum absolute atomic E-state index is 11.4. The van der Waals surface area contributed by atoms with Crippen molar-refractivity contribution in [3.63, 3.8) is 0 Å². The maximum Gasteiger partial charge on any atom is 0.252 e. The molecule has 0 spiro atoms. The fraction of sp³-hybridized carbons (Fsp3) is 0.364. The molecule has 0 atom stereocenters. The monoisotopic (exact) mass is 231 g/mol. The molecule has 0 saturated heterocycles. The minimum atomic E-state index is -0.110. The third-order valence-corrected chi connectivity index (χ3v) is 2.92. The van der Waals surface area contributed by atoms with Crippen LogP contribution in [0.4, 0.5) is 5.82 Å². The number of nitrogens with one attached hydrogen (secondary N) is 1. The second-order valence-corrected chi connectivity index (χ2v) is 4.15. The number of aromatic nitrogens is 4. The molecule has 0 aliphatic carbocycles. The van der Waals surface area contributed by atoms with Crippen molar-refractivity contribution in [2.75, 3.05) is 11.4 Å². The molecule has 0 saturated carbocycles. The number of rotatable bonds is 1. The van der Waals surface area contributed by atoms with E-state index < -0.39 is 0 Å². The third-order valence-electron chi connectivity index (χ3n) is 2.92. The van der Waals surface area contributed by atoms with Crippen molar-refractivity contribution in [3.05, 3.63) is 40.5 Å². The fourth-order valence-corrected chi connectivity index (χ4v) is 2.09. The molecule has 0 bridgehead atoms. The minimum absolute atomic E-state index is 0.110. The van der Waals surface area contributed by atoms with Crippen LogP contribution in [0, 0.1) is 6.92 Å². The van der Waals surface area contributed by atoms with Gasteiger partial charge in [0.1, 0.15) is 17.5 Å². The lowest BCUT2D eigenvalue weighted by molar-refractivity contribution is 0.555. The molecule has 2 aromatic rings. The normalized spacial score (nSPS) is 14.8. The molecule has 6 nitrogen and oxygen atoms in total. The summed E-state index contributed by atoms with van der Waals surface area (Å²) in [4.78, 5) is 24.8. The Kier molecular flexibility index (Phi) is 2.21. The van der Waals surface area contributed by atoms with Gasteiger partial charge in [-0.05, 0) is 6.92 Å². The van der Waals surface area contributed by atoms with E-state index in [1.165, 1.54) is 6.07 Å². The first-order chi connectivity index (χ1) is 8.22. The number of H-pyrrole nitrogens is 1. The van der Waals surface area contributed by atoms with Crippen LogP contribution in [-0.4, -0.2) is 26.1 Å². The molecule has 0 radical (unpaired) electrons. The van der Waals surface area contributed by atoms with E-state index in [9.17, 15) is 4.79 Å². The molecule has 2 aromatic heterocycles. The van der Waals surface area contributed by atoms with Crippen LogP contribution in [0.15, 0.2) is 23.3 Å². The van der Waals surface area contributed by atoms with Gasteiger partial charge in [-0.15, -0.1) is 0 Å². The van der Waals surface area contributed by atoms with Gasteiger partial charge in [0.2, 0.25) is 0 Å². The zero-order chi connectivity index (χ0) is 11.8. The summed E-state index contributed by atoms with van der Waals surface area (Å²) in [5, 5.41) is 0. The van der Waals surface area contributed by atoms with Gasteiger partial charge in [0.15, 0.2) is 0 Å². The van der Waals surface area contributed by atoms with Gasteiger partial charge in [-0.3, -0.25) is 4.79 Å². The van der Waals surface area contributed by atoms with Crippen LogP contribution in [0.5, 0.6) is 0 Å². The molecule has 3 rings (SSSR count). The Morgan fingerprint density at radius 1 is 1.41 bits per heavy atom. The van der Waals surface area contributed by atoms with Crippen LogP contribution in [-0.2, 0) is 13.1 Å². The zero-order valence-electron chi connectivity index (χ0n) is 9.55. The van der Waals surface area contributed by atoms with Crippen LogP contribution >= 0.6 is 0 Å². The first-order valence-electron chi connectivity index (χ1n) is 5.55. The highest BCUT2D eigenvalue weighted by molar-refractivity contribution is 5.38. The number of nitrogens with zero attached hydrogens (tertiary/aromatic N) is 4. The average Bonchev–Trinajstić information content (AvgIpc) is 2.74. The minimum Gasteiger partial charge on any atom is -0.347 e. The summed E-state index contributed by atoms with van der Waals surface area (Å²) in [5.41, 5.74) is -0.110. The van der Waals surface area contributed by atoms with Gasteiger partial charge in [0, 0.05) is 31.5 Å². The largest absolute Gasteiger partial charge is 0.347 e. The maximum atomic E-state index is 11.4. The van der Waals surface area contributed by atoms with Crippen LogP contribution in [0.2, 0.25) is 0 Å². The number of aryl methyl sites for hydroxylation is 1. The molecular formula is C11H13N5O. The molecule has 88 valence electrons. The predicted molar refractivity (Wildman–Crippen MR) is 62.9 cm³/mol. The van der Waals surface area contributed by atoms with Gasteiger partial charge in [0.25, 0.3) is 5.56 Å². The lowest BCUT2D eigenvalue weighted by atomic mass is 10.3. The molecule has 0 unspecified atom stereocenters. The Morgan fingerprint density at radius 3 is 3.12 bits per heavy atom. The van der Waals surface area contributed by atoms with E-state index in [1.54, 1.807) is 13.1 Å². The van der Waals surface area contributed by atoms with Gasteiger partial charge in [-0.1, -0.05) is 0 Å². The smallest absolute Gasteiger partial charge is 0.252 e. The van der Waals surface area contributed by atoms with Crippen LogP contribution < -0.4 is 10.5 Å². The summed E-state index contributed by atoms with van der Waals surface area (Å²) >= 11 is 0. The molecule has 1 aliphatic rings. The molecule has 1 aliphatic heterocycles. The Bertz CT molecular complexity index is 600. The van der Waals surface area contributed by atoms with E-state index in [-0.39, 0.29) is 5.56 Å². The van der Waals surface area contributed by atoms with E-state index in [0.29, 0.717) is 12.4 Å². The first-order valence-corrected chi connectivity index (χ1v) is 5.55. The second kappa shape index (κ2) is 3.73. The van der Waals surface area contributed by atoms with Gasteiger partial charge < -0.3 is 14.5 Å². The fourth-order valence-electron chi connectivity index (χ4n) is 2.09. The molecule has 0 aromatic carbocycles. The average molecular weight is 231 g/mol. The van der Waals surface area contributed by atoms with Crippen molar-refractivity contribution in [3.8, 4) is 0 Å². The summed E-state index contributed by atoms with van der Waals surface area (Å²) in [6.07, 6.45) is 3.78. The number of fused-ring (bicyclic) bond motifs is 1. The molecular weight excluding hydrogens is 218 g/mol. The topological polar surface area (TPSA) is 66.8 Å². The lowest BCUT2D eigenvalue weighted by Crippen LogP contribution is -2.35. The summed E-state index contributed by atoms with van der Waals surface area (Å²) in [6, 6.07) is 1.53. The summed E-state index contributed by atoms with van der Waals surface area (Å²) < 4.78 is 2.12. The Hall–Kier alpha value is -2.11. The Labute approximate surface area is 97.9 Å². The van der Waals surface area contributed by atoms with Crippen molar-refractivity contribution >= 4 is 5.82 Å². The number of hydrogen-bond donors (Lipinski definition) is 1. The Balaban J connectivity index is 1.94. The summed E-state index contributed by atoms with van der Waals surface area (Å²) in [7, 11) is 0. The standard InChI is InChI=1S/C11H13N5O/c1-8-13-9(6-11(17)14-8)16-5-4-15-3-2-12-10(15)7-16/h2-3,6H,4-5,7H2,1H3,(H,13,14,17). The summed E-state index contributed by atoms with van der Waals surface area (Å²) in [5.74, 6) is 2.37. The van der Waals surface area contributed by atoms with E-state index in [4.69, 9.17) is 0 Å². The third kappa shape index (κ3) is 1.82. The zero-order valence-corrected chi connectivity index (χ0v) is 9.55. The molecule has 0 amide bonds. The molecule has 1 N–H and O–H groups in total. The molecule has 6 heteroatoms. The van der Waals surface area contributed by atoms with Crippen molar-refractivity contribution in [1.29, 1.82) is 0 Å². The number of anilines is 1. The lowest BCUT2D eigenvalue weighted by Gasteiger charge is -2.28. The van der Waals surface area contributed by atoms with Gasteiger partial charge >= 0.3 is 0 Å². The van der Waals surface area contributed by atoms with E-state index in [2.05, 4.69) is 24.4 Å². The number of hydrogen-bond acceptors (Lipinski definition) is 4. The first kappa shape index (κ1) is 10.1. The number of imidazole rings is 1. The SMILES string of the molecule is Cc1nc(N2CCn3ccnc3C2)cc(=O)[nH]1. The quantitative estimate of drug-likeness (QED) is 0.766. The van der Waals surface area contributed by atoms with Gasteiger partial charge in [-0.25, -0.2) is 9.97 Å². The van der Waals surface area contributed by atoms with Crippen molar-refractivity contribution in [2.24, 2.45) is 0 Å². The van der Waals surface area contributed by atoms with Crippen molar-refractivity contribution in [2.45, 2.75) is 20.0 Å². The molecule has 17 heavy (non-hydrogen) atoms. The van der Waals surface area contributed by atoms with E-state index in [0.717, 1.165) is 24.7 Å². The van der Waals surface area contributed by atoms with Gasteiger partial charge in [0.05, 0.1) is 6.54 Å². The second-order valence-electron chi connectivity index (χ2n) is 4.15. The van der Waals surface area contributed by atoms with Crippen molar-refractivity contribution < 1.29 is 0 Å². The number of aromatic amines is 1. The predicted octanol–water partition coefficient (Wildman–Crippen LogP) is 0.295. The Morgan fingerprint density at radius 2 is 2.29 bits per heavy atom. The van der Waals surface area contributed by atoms with Crippen molar-refractivity contribution in [1.82, 2.24) is 19.5 Å². The highest BCUT2D eigenvalue weighted by Crippen LogP contribution is 2.16. The van der Waals surface area contributed by atoms with E-state index >= 15 is 0 Å². The highest BCUT2D eigenvalue weighted by atomic mass is 16.1. The summed E-state index contributed by atoms with van der Waals surface area (Å²) in [6.45, 7) is 4.21.